The van der Waals surface area contributed by atoms with Gasteiger partial charge in [0.25, 0.3) is 11.8 Å². The van der Waals surface area contributed by atoms with E-state index in [1.165, 1.54) is 0 Å². The Morgan fingerprint density at radius 2 is 1.10 bits per heavy atom. The predicted molar refractivity (Wildman–Crippen MR) is 240 cm³/mol. The van der Waals surface area contributed by atoms with Crippen molar-refractivity contribution < 1.29 is 68.4 Å². The molecule has 362 valence electrons. The van der Waals surface area contributed by atoms with Crippen molar-refractivity contribution in [3.8, 4) is 22.8 Å². The molecular weight excluding hydrogens is 950 g/mol. The van der Waals surface area contributed by atoms with Crippen LogP contribution in [0.4, 0.5) is 38.8 Å². The van der Waals surface area contributed by atoms with E-state index in [1.807, 2.05) is 86.6 Å². The predicted octanol–water partition coefficient (Wildman–Crippen LogP) is 7.20. The first kappa shape index (κ1) is 58.4. The SMILES string of the molecule is C.Cc1ccc(-c2noc(C3CC(=O)C3)n2)cc1NC(=O)c1cnc2ccccn12.Cc1ccc(-c2noc(C3CC(C)(O)C3)n2)cc1NC(=O)c1cnc2ccccn12.FF.FF.FF.[CH3-].[Cl-].[Mg+2]. The number of rotatable bonds is 8. The molecule has 0 spiro atoms. The van der Waals surface area contributed by atoms with Crippen LogP contribution in [0, 0.1) is 21.3 Å². The van der Waals surface area contributed by atoms with Crippen molar-refractivity contribution >= 4 is 63.3 Å². The Labute approximate surface area is 413 Å². The number of aryl methyl sites for hydroxylation is 2. The molecule has 2 saturated carbocycles. The van der Waals surface area contributed by atoms with Crippen LogP contribution in [0.25, 0.3) is 34.1 Å². The summed E-state index contributed by atoms with van der Waals surface area (Å²) in [5, 5.41) is 23.9. The monoisotopic (exact) mass is 994 g/mol. The van der Waals surface area contributed by atoms with Crippen molar-refractivity contribution in [1.82, 2.24) is 39.1 Å². The maximum atomic E-state index is 12.8. The van der Waals surface area contributed by atoms with Crippen molar-refractivity contribution in [3.63, 3.8) is 0 Å². The van der Waals surface area contributed by atoms with Crippen LogP contribution in [0.5, 0.6) is 0 Å². The van der Waals surface area contributed by atoms with Crippen molar-refractivity contribution in [3.05, 3.63) is 139 Å². The van der Waals surface area contributed by atoms with Gasteiger partial charge >= 0.3 is 23.1 Å². The fourth-order valence-corrected chi connectivity index (χ4v) is 7.24. The van der Waals surface area contributed by atoms with Gasteiger partial charge in [-0.05, 0) is 81.1 Å². The molecule has 0 bridgehead atoms. The molecule has 6 heterocycles. The Hall–Kier alpha value is -6.69. The van der Waals surface area contributed by atoms with Crippen molar-refractivity contribution in [1.29, 1.82) is 0 Å². The smallest absolute Gasteiger partial charge is 1.00 e. The first-order chi connectivity index (χ1) is 31.5. The number of carbonyl (C=O) groups excluding carboxylic acids is 3. The summed E-state index contributed by atoms with van der Waals surface area (Å²) in [5.41, 5.74) is 6.28. The van der Waals surface area contributed by atoms with Crippen LogP contribution in [-0.4, -0.2) is 90.4 Å². The number of halogens is 7. The van der Waals surface area contributed by atoms with Crippen molar-refractivity contribution in [2.24, 2.45) is 0 Å². The second-order valence-electron chi connectivity index (χ2n) is 15.3. The molecule has 16 nitrogen and oxygen atoms in total. The number of amides is 2. The van der Waals surface area contributed by atoms with Gasteiger partial charge in [0, 0.05) is 81.1 Å². The first-order valence-corrected chi connectivity index (χ1v) is 19.5. The standard InChI is InChI=1S/C22H21N5O3.C21H17N5O3.CH4.CH3.ClH.3F2.Mg/c1-13-6-7-14(19-25-21(30-26-19)15-10-22(2,29)11-15)9-16(13)24-20(28)17-12-23-18-5-3-4-8-27(17)18;1-12-5-6-13(19-24-21(29-25-19)14-8-15(27)9-14)10-16(12)23-20(28)17-11-22-18-4-2-3-7-26(17)18;;;;3*1-2;/h3-9,12,15,29H,10-11H2,1-2H3,(H,24,28);2-7,10-11,14H,8-9H2,1H3,(H,23,28);1H4;1H3;1H;;;;/q;;;-1;;;;;+2/p-1. The topological polar surface area (TPSA) is 208 Å². The molecule has 6 aromatic heterocycles. The van der Waals surface area contributed by atoms with Gasteiger partial charge < -0.3 is 44.6 Å². The van der Waals surface area contributed by atoms with Gasteiger partial charge in [-0.3, -0.25) is 23.2 Å². The number of hydrogen-bond acceptors (Lipinski definition) is 12. The minimum atomic E-state index is -0.654. The van der Waals surface area contributed by atoms with E-state index in [9.17, 15) is 19.5 Å². The summed E-state index contributed by atoms with van der Waals surface area (Å²) in [6, 6.07) is 22.4. The average molecular weight is 996 g/mol. The van der Waals surface area contributed by atoms with E-state index >= 15 is 0 Å². The van der Waals surface area contributed by atoms with Gasteiger partial charge in [0.1, 0.15) is 28.5 Å². The number of nitrogens with zero attached hydrogens (tertiary/aromatic N) is 8. The Balaban J connectivity index is 0.000000406. The number of nitrogens with one attached hydrogen (secondary N) is 2. The van der Waals surface area contributed by atoms with Gasteiger partial charge in [-0.2, -0.15) is 9.97 Å². The quantitative estimate of drug-likeness (QED) is 0.0785. The molecule has 0 unspecified atom stereocenters. The maximum absolute atomic E-state index is 12.8. The second-order valence-corrected chi connectivity index (χ2v) is 15.3. The third-order valence-corrected chi connectivity index (χ3v) is 10.7. The normalized spacial score (nSPS) is 15.3. The van der Waals surface area contributed by atoms with E-state index in [2.05, 4.69) is 40.9 Å². The van der Waals surface area contributed by atoms with Crippen LogP contribution in [0.2, 0.25) is 0 Å². The summed E-state index contributed by atoms with van der Waals surface area (Å²) in [6.07, 6.45) is 8.85. The zero-order chi connectivity index (χ0) is 46.8. The van der Waals surface area contributed by atoms with E-state index in [0.29, 0.717) is 83.2 Å². The van der Waals surface area contributed by atoms with E-state index in [1.54, 1.807) is 40.5 Å². The third kappa shape index (κ3) is 13.3. The first-order valence-electron chi connectivity index (χ1n) is 19.5. The van der Waals surface area contributed by atoms with Gasteiger partial charge in [0.2, 0.25) is 23.4 Å². The number of fused-ring (bicyclic) bond motifs is 2. The fourth-order valence-electron chi connectivity index (χ4n) is 7.24. The van der Waals surface area contributed by atoms with E-state index < -0.39 is 5.60 Å². The number of benzene rings is 2. The molecule has 2 fully saturated rings. The third-order valence-electron chi connectivity index (χ3n) is 10.7. The van der Waals surface area contributed by atoms with Crippen LogP contribution in [0.3, 0.4) is 0 Å². The largest absolute Gasteiger partial charge is 2.00 e. The molecule has 0 radical (unpaired) electrons. The minimum absolute atomic E-state index is 0. The Kier molecular flexibility index (Phi) is 22.2. The Morgan fingerprint density at radius 3 is 1.49 bits per heavy atom. The minimum Gasteiger partial charge on any atom is -1.00 e. The summed E-state index contributed by atoms with van der Waals surface area (Å²) >= 11 is 0. The summed E-state index contributed by atoms with van der Waals surface area (Å²) in [6.45, 7) is 5.64. The molecule has 2 amide bonds. The second kappa shape index (κ2) is 26.2. The molecule has 10 rings (SSSR count). The fraction of sp³-hybridized carbons (Fsp3) is 0.244. The van der Waals surface area contributed by atoms with Crippen LogP contribution in [-0.2, 0) is 4.79 Å². The molecule has 24 heteroatoms. The number of pyridine rings is 2. The number of anilines is 2. The number of Topliss-reactive ketones (excluding diaryl/α,β-unsaturated/α-hetero) is 1. The number of ketones is 1. The molecule has 0 atom stereocenters. The van der Waals surface area contributed by atoms with Gasteiger partial charge in [-0.15, -0.1) is 0 Å². The summed E-state index contributed by atoms with van der Waals surface area (Å²) in [5.74, 6) is 1.72. The van der Waals surface area contributed by atoms with Crippen molar-refractivity contribution in [2.75, 3.05) is 10.6 Å². The summed E-state index contributed by atoms with van der Waals surface area (Å²) in [7, 11) is 0. The molecule has 2 aromatic carbocycles. The van der Waals surface area contributed by atoms with Gasteiger partial charge in [0.05, 0.1) is 23.9 Å². The van der Waals surface area contributed by atoms with E-state index in [4.69, 9.17) is 36.5 Å². The zero-order valence-corrected chi connectivity index (χ0v) is 38.8. The number of aromatic nitrogens is 8. The number of carbonyl (C=O) groups is 3. The summed E-state index contributed by atoms with van der Waals surface area (Å²) in [4.78, 5) is 54.3. The maximum Gasteiger partial charge on any atom is 2.00 e. The van der Waals surface area contributed by atoms with Crippen LogP contribution in [0.1, 0.15) is 95.8 Å². The summed E-state index contributed by atoms with van der Waals surface area (Å²) < 4.78 is 62.2. The number of aliphatic hydroxyl groups is 1. The molecule has 3 N–H and O–H groups in total. The average Bonchev–Trinajstić information content (AvgIpc) is 4.15. The number of imidazole rings is 2. The Morgan fingerprint density at radius 1 is 0.696 bits per heavy atom. The van der Waals surface area contributed by atoms with Crippen LogP contribution >= 0.6 is 0 Å². The molecule has 2 aliphatic rings. The molecule has 0 saturated heterocycles. The van der Waals surface area contributed by atoms with E-state index in [-0.39, 0.29) is 79.7 Å². The van der Waals surface area contributed by atoms with Crippen LogP contribution < -0.4 is 23.0 Å². The molecule has 8 aromatic rings. The van der Waals surface area contributed by atoms with Crippen molar-refractivity contribution in [2.45, 2.75) is 71.3 Å². The van der Waals surface area contributed by atoms with Gasteiger partial charge in [-0.25, -0.2) is 9.97 Å². The Bertz CT molecular complexity index is 2930. The number of hydrogen-bond donors (Lipinski definition) is 3. The zero-order valence-electron chi connectivity index (χ0n) is 36.6. The molecule has 0 aliphatic heterocycles. The molecule has 69 heavy (non-hydrogen) atoms. The van der Waals surface area contributed by atoms with Crippen LogP contribution in [0.15, 0.2) is 107 Å². The van der Waals surface area contributed by atoms with Gasteiger partial charge in [0.15, 0.2) is 0 Å². The molecule has 2 aliphatic carbocycles. The van der Waals surface area contributed by atoms with E-state index in [0.717, 1.165) is 22.3 Å². The molecular formula is C45H45ClF6MgN10O6. The van der Waals surface area contributed by atoms with Gasteiger partial charge in [-0.1, -0.05) is 54.1 Å².